The molecule has 9 nitrogen and oxygen atoms in total. The maximum absolute atomic E-state index is 12.0. The third-order valence-electron chi connectivity index (χ3n) is 3.62. The van der Waals surface area contributed by atoms with Gasteiger partial charge in [-0.05, 0) is 13.8 Å². The van der Waals surface area contributed by atoms with Crippen LogP contribution in [0.3, 0.4) is 0 Å². The van der Waals surface area contributed by atoms with Crippen LogP contribution in [0.5, 0.6) is 0 Å². The van der Waals surface area contributed by atoms with E-state index in [0.717, 1.165) is 0 Å². The van der Waals surface area contributed by atoms with E-state index in [-0.39, 0.29) is 25.2 Å². The lowest BCUT2D eigenvalue weighted by Crippen LogP contribution is -2.30. The number of aryl methyl sites for hydroxylation is 1. The van der Waals surface area contributed by atoms with Crippen molar-refractivity contribution in [1.82, 2.24) is 19.6 Å². The molecule has 0 saturated carbocycles. The summed E-state index contributed by atoms with van der Waals surface area (Å²) in [5, 5.41) is 22.1. The number of nitrogens with zero attached hydrogens (tertiary/aromatic N) is 7. The maximum Gasteiger partial charge on any atom is 0.310 e. The molecule has 0 aliphatic heterocycles. The van der Waals surface area contributed by atoms with Crippen molar-refractivity contribution in [3.8, 4) is 12.1 Å². The predicted octanol–water partition coefficient (Wildman–Crippen LogP) is 1.17. The predicted molar refractivity (Wildman–Crippen MR) is 88.5 cm³/mol. The van der Waals surface area contributed by atoms with Crippen LogP contribution in [0, 0.1) is 29.6 Å². The summed E-state index contributed by atoms with van der Waals surface area (Å²) in [5.41, 5.74) is 1.30. The third-order valence-corrected chi connectivity index (χ3v) is 3.62. The minimum atomic E-state index is -0.367. The Balaban J connectivity index is 2.55. The lowest BCUT2D eigenvalue weighted by atomic mass is 10.1. The van der Waals surface area contributed by atoms with Crippen molar-refractivity contribution in [3.63, 3.8) is 0 Å². The Morgan fingerprint density at radius 3 is 2.60 bits per heavy atom. The number of aromatic nitrogens is 4. The Labute approximate surface area is 145 Å². The van der Waals surface area contributed by atoms with Gasteiger partial charge in [0, 0.05) is 24.3 Å². The molecule has 0 atom stereocenters. The fraction of sp³-hybridized carbons (Fsp3) is 0.500. The van der Waals surface area contributed by atoms with Crippen LogP contribution < -0.4 is 4.90 Å². The Kier molecular flexibility index (Phi) is 6.24. The van der Waals surface area contributed by atoms with Gasteiger partial charge in [0.2, 0.25) is 0 Å². The van der Waals surface area contributed by atoms with Crippen LogP contribution in [0.1, 0.15) is 31.0 Å². The van der Waals surface area contributed by atoms with Gasteiger partial charge in [0.05, 0.1) is 38.0 Å². The molecule has 0 N–H and O–H groups in total. The van der Waals surface area contributed by atoms with Gasteiger partial charge in [0.25, 0.3) is 5.78 Å². The Morgan fingerprint density at radius 1 is 1.32 bits per heavy atom. The highest BCUT2D eigenvalue weighted by molar-refractivity contribution is 5.75. The summed E-state index contributed by atoms with van der Waals surface area (Å²) in [5.74, 6) is 0.659. The second kappa shape index (κ2) is 8.60. The highest BCUT2D eigenvalue weighted by atomic mass is 16.5. The van der Waals surface area contributed by atoms with E-state index in [2.05, 4.69) is 27.2 Å². The number of nitriles is 2. The largest absolute Gasteiger partial charge is 0.466 e. The molecule has 0 aliphatic carbocycles. The van der Waals surface area contributed by atoms with Crippen LogP contribution in [0.4, 0.5) is 5.82 Å². The number of ether oxygens (including phenoxy) is 1. The van der Waals surface area contributed by atoms with E-state index in [1.807, 2.05) is 4.90 Å². The Morgan fingerprint density at radius 2 is 2.00 bits per heavy atom. The molecule has 0 aromatic carbocycles. The van der Waals surface area contributed by atoms with Crippen molar-refractivity contribution in [1.29, 1.82) is 10.5 Å². The monoisotopic (exact) mass is 341 g/mol. The summed E-state index contributed by atoms with van der Waals surface area (Å²) in [4.78, 5) is 22.4. The van der Waals surface area contributed by atoms with Gasteiger partial charge in [-0.2, -0.15) is 25.1 Å². The van der Waals surface area contributed by atoms with Crippen molar-refractivity contribution in [3.05, 3.63) is 17.6 Å². The molecule has 0 unspecified atom stereocenters. The lowest BCUT2D eigenvalue weighted by Gasteiger charge is -2.26. The summed E-state index contributed by atoms with van der Waals surface area (Å²) < 4.78 is 6.59. The number of anilines is 1. The van der Waals surface area contributed by atoms with Crippen molar-refractivity contribution < 1.29 is 9.53 Å². The Bertz CT molecular complexity index is 813. The second-order valence-corrected chi connectivity index (χ2v) is 5.26. The van der Waals surface area contributed by atoms with Gasteiger partial charge >= 0.3 is 5.97 Å². The number of carbonyl (C=O) groups excluding carboxylic acids is 1. The fourth-order valence-electron chi connectivity index (χ4n) is 2.55. The van der Waals surface area contributed by atoms with Crippen LogP contribution >= 0.6 is 0 Å². The van der Waals surface area contributed by atoms with E-state index < -0.39 is 0 Å². The molecule has 2 heterocycles. The van der Waals surface area contributed by atoms with Crippen LogP contribution in [0.2, 0.25) is 0 Å². The molecule has 0 fully saturated rings. The fourth-order valence-corrected chi connectivity index (χ4v) is 2.55. The minimum absolute atomic E-state index is 0.0351. The van der Waals surface area contributed by atoms with Crippen molar-refractivity contribution in [2.24, 2.45) is 0 Å². The number of esters is 1. The molecule has 2 aromatic rings. The summed E-state index contributed by atoms with van der Waals surface area (Å²) >= 11 is 0. The molecule has 0 spiro atoms. The SMILES string of the molecule is CCOC(=O)Cc1c(C)nc2ncnn2c1N(CCC#N)CCC#N. The zero-order chi connectivity index (χ0) is 18.2. The third kappa shape index (κ3) is 4.21. The topological polar surface area (TPSA) is 120 Å². The molecule has 2 aromatic heterocycles. The van der Waals surface area contributed by atoms with Gasteiger partial charge in [-0.3, -0.25) is 4.79 Å². The molecule has 130 valence electrons. The smallest absolute Gasteiger partial charge is 0.310 e. The summed E-state index contributed by atoms with van der Waals surface area (Å²) in [6.07, 6.45) is 1.98. The minimum Gasteiger partial charge on any atom is -0.466 e. The van der Waals surface area contributed by atoms with E-state index in [9.17, 15) is 4.79 Å². The molecule has 0 radical (unpaired) electrons. The molecular weight excluding hydrogens is 322 g/mol. The van der Waals surface area contributed by atoms with Gasteiger partial charge in [0.15, 0.2) is 0 Å². The van der Waals surface area contributed by atoms with E-state index >= 15 is 0 Å². The first kappa shape index (κ1) is 18.1. The first-order valence-corrected chi connectivity index (χ1v) is 7.96. The average molecular weight is 341 g/mol. The van der Waals surface area contributed by atoms with Crippen molar-refractivity contribution in [2.75, 3.05) is 24.6 Å². The molecule has 0 bridgehead atoms. The van der Waals surface area contributed by atoms with Crippen LogP contribution in [-0.2, 0) is 16.0 Å². The number of rotatable bonds is 8. The van der Waals surface area contributed by atoms with Crippen molar-refractivity contribution >= 4 is 17.6 Å². The molecule has 2 rings (SSSR count). The molecule has 25 heavy (non-hydrogen) atoms. The molecule has 0 amide bonds. The zero-order valence-electron chi connectivity index (χ0n) is 14.3. The standard InChI is InChI=1S/C16H19N7O2/c1-3-25-14(24)10-13-12(2)21-16-19-11-20-23(16)15(13)22(8-4-6-17)9-5-7-18/h11H,3-5,8-10H2,1-2H3. The molecule has 0 aliphatic rings. The number of carbonyl (C=O) groups is 1. The molecular formula is C16H19N7O2. The maximum atomic E-state index is 12.0. The van der Waals surface area contributed by atoms with Gasteiger partial charge in [0.1, 0.15) is 12.1 Å². The quantitative estimate of drug-likeness (QED) is 0.656. The zero-order valence-corrected chi connectivity index (χ0v) is 14.3. The number of hydrogen-bond donors (Lipinski definition) is 0. The summed E-state index contributed by atoms with van der Waals surface area (Å²) in [7, 11) is 0. The molecule has 0 saturated heterocycles. The normalized spacial score (nSPS) is 10.2. The van der Waals surface area contributed by atoms with Gasteiger partial charge in [-0.15, -0.1) is 0 Å². The van der Waals surface area contributed by atoms with E-state index in [4.69, 9.17) is 15.3 Å². The highest BCUT2D eigenvalue weighted by Crippen LogP contribution is 2.25. The van der Waals surface area contributed by atoms with Crippen molar-refractivity contribution in [2.45, 2.75) is 33.1 Å². The van der Waals surface area contributed by atoms with E-state index in [0.29, 0.717) is 42.5 Å². The first-order chi connectivity index (χ1) is 12.1. The second-order valence-electron chi connectivity index (χ2n) is 5.26. The van der Waals surface area contributed by atoms with Gasteiger partial charge in [-0.25, -0.2) is 4.98 Å². The lowest BCUT2D eigenvalue weighted by molar-refractivity contribution is -0.142. The van der Waals surface area contributed by atoms with Gasteiger partial charge in [-0.1, -0.05) is 0 Å². The summed E-state index contributed by atoms with van der Waals surface area (Å²) in [6, 6.07) is 4.21. The molecule has 9 heteroatoms. The Hall–Kier alpha value is -3.20. The average Bonchev–Trinajstić information content (AvgIpc) is 3.04. The van der Waals surface area contributed by atoms with Crippen LogP contribution in [0.25, 0.3) is 5.78 Å². The van der Waals surface area contributed by atoms with E-state index in [1.54, 1.807) is 13.8 Å². The highest BCUT2D eigenvalue weighted by Gasteiger charge is 2.22. The van der Waals surface area contributed by atoms with Crippen LogP contribution in [-0.4, -0.2) is 45.2 Å². The first-order valence-electron chi connectivity index (χ1n) is 7.96. The number of fused-ring (bicyclic) bond motifs is 1. The van der Waals surface area contributed by atoms with E-state index in [1.165, 1.54) is 10.8 Å². The van der Waals surface area contributed by atoms with Gasteiger partial charge < -0.3 is 9.64 Å². The number of hydrogen-bond acceptors (Lipinski definition) is 8. The van der Waals surface area contributed by atoms with Crippen LogP contribution in [0.15, 0.2) is 6.33 Å². The summed E-state index contributed by atoms with van der Waals surface area (Å²) in [6.45, 7) is 4.65.